The minimum Gasteiger partial charge on any atom is -0.459 e. The van der Waals surface area contributed by atoms with Crippen molar-refractivity contribution in [2.24, 2.45) is 35.3 Å². The fraction of sp³-hybridized carbons (Fsp3) is 0.778. The number of methoxy groups -OCH3 is 3. The number of fused-ring (bicyclic) bond motifs is 3. The molecule has 0 spiro atoms. The second-order valence-corrected chi connectivity index (χ2v) is 23.4. The number of cyclic esters (lactones) is 1. The van der Waals surface area contributed by atoms with Crippen LogP contribution in [0.2, 0.25) is 0 Å². The molecule has 0 aromatic carbocycles. The van der Waals surface area contributed by atoms with Gasteiger partial charge in [-0.1, -0.05) is 64.2 Å². The Morgan fingerprint density at radius 3 is 2.01 bits per heavy atom. The Bertz CT molecular complexity index is 2210. The summed E-state index contributed by atoms with van der Waals surface area (Å²) in [6.07, 6.45) is 7.09. The van der Waals surface area contributed by atoms with E-state index in [4.69, 9.17) is 57.8 Å². The van der Waals surface area contributed by atoms with E-state index in [9.17, 15) is 44.1 Å². The molecule has 2 saturated heterocycles. The first-order chi connectivity index (χ1) is 41.1. The predicted molar refractivity (Wildman–Crippen MR) is 317 cm³/mol. The summed E-state index contributed by atoms with van der Waals surface area (Å²) in [5, 5.41) is 37.1. The van der Waals surface area contributed by atoms with Gasteiger partial charge in [0.05, 0.1) is 91.0 Å². The van der Waals surface area contributed by atoms with Gasteiger partial charge in [-0.15, -0.1) is 0 Å². The molecule has 0 aromatic heterocycles. The van der Waals surface area contributed by atoms with Gasteiger partial charge in [-0.3, -0.25) is 19.2 Å². The molecule has 15 atom stereocenters. The summed E-state index contributed by atoms with van der Waals surface area (Å²) < 4.78 is 62.1. The second kappa shape index (κ2) is 39.6. The summed E-state index contributed by atoms with van der Waals surface area (Å²) in [6.45, 7) is 15.1. The van der Waals surface area contributed by atoms with Crippen LogP contribution in [0.4, 0.5) is 4.79 Å². The quantitative estimate of drug-likeness (QED) is 0.0379. The third-order valence-corrected chi connectivity index (χ3v) is 16.7. The van der Waals surface area contributed by atoms with E-state index < -0.39 is 120 Å². The molecule has 1 aliphatic carbocycles. The van der Waals surface area contributed by atoms with E-state index >= 15 is 0 Å². The van der Waals surface area contributed by atoms with Crippen LogP contribution in [0.3, 0.4) is 0 Å². The number of nitrogens with two attached hydrogens (primary N) is 1. The third-order valence-electron chi connectivity index (χ3n) is 16.7. The number of Topliss-reactive ketones (excluding diaryl/α,β-unsaturated/α-hetero) is 3. The molecule has 0 aromatic rings. The number of esters is 1. The number of aliphatic hydroxyl groups excluding tert-OH is 2. The predicted octanol–water partition coefficient (Wildman–Crippen LogP) is 4.68. The average Bonchev–Trinajstić information content (AvgIpc) is 1.71. The van der Waals surface area contributed by atoms with Gasteiger partial charge in [0.25, 0.3) is 11.7 Å². The van der Waals surface area contributed by atoms with E-state index in [0.717, 1.165) is 10.5 Å². The van der Waals surface area contributed by atoms with E-state index in [1.807, 2.05) is 44.2 Å². The van der Waals surface area contributed by atoms with Crippen LogP contribution in [-0.2, 0) is 76.1 Å². The molecule has 86 heavy (non-hydrogen) atoms. The number of nitrogens with one attached hydrogen (secondary N) is 1. The van der Waals surface area contributed by atoms with Gasteiger partial charge in [0.1, 0.15) is 36.2 Å². The van der Waals surface area contributed by atoms with E-state index in [1.165, 1.54) is 20.1 Å². The van der Waals surface area contributed by atoms with E-state index in [2.05, 4.69) is 5.32 Å². The highest BCUT2D eigenvalue weighted by Gasteiger charge is 2.53. The highest BCUT2D eigenvalue weighted by molar-refractivity contribution is 6.39. The van der Waals surface area contributed by atoms with Gasteiger partial charge in [-0.05, 0) is 101 Å². The monoisotopic (exact) mass is 1220 g/mol. The maximum absolute atomic E-state index is 14.6. The second-order valence-electron chi connectivity index (χ2n) is 23.4. The molecule has 1 saturated carbocycles. The average molecular weight is 1220 g/mol. The van der Waals surface area contributed by atoms with Crippen molar-refractivity contribution < 1.29 is 96.2 Å². The number of hydrogen-bond donors (Lipinski definition) is 5. The minimum absolute atomic E-state index is 0.00988. The molecule has 3 aliphatic heterocycles. The Labute approximate surface area is 509 Å². The van der Waals surface area contributed by atoms with Crippen LogP contribution in [0.5, 0.6) is 0 Å². The number of piperidine rings is 1. The molecule has 0 radical (unpaired) electrons. The Hall–Kier alpha value is -4.34. The molecule has 23 heteroatoms. The molecule has 2 bridgehead atoms. The Balaban J connectivity index is 1.43. The van der Waals surface area contributed by atoms with Gasteiger partial charge >= 0.3 is 12.1 Å². The zero-order chi connectivity index (χ0) is 63.2. The minimum atomic E-state index is -2.50. The van der Waals surface area contributed by atoms with Crippen LogP contribution in [0, 0.1) is 29.6 Å². The molecule has 6 N–H and O–H groups in total. The fourth-order valence-electron chi connectivity index (χ4n) is 11.3. The molecule has 0 unspecified atom stereocenters. The number of hydrogen-bond acceptors (Lipinski definition) is 21. The highest BCUT2D eigenvalue weighted by atomic mass is 16.6. The van der Waals surface area contributed by atoms with E-state index in [0.29, 0.717) is 117 Å². The lowest BCUT2D eigenvalue weighted by molar-refractivity contribution is -0.265. The van der Waals surface area contributed by atoms with Crippen molar-refractivity contribution in [1.29, 1.82) is 0 Å². The van der Waals surface area contributed by atoms with Crippen molar-refractivity contribution in [3.63, 3.8) is 0 Å². The number of amides is 2. The standard InChI is InChI=1S/C63H103N3O20/c1-41-15-11-10-12-16-42(2)53(77-8)39-48-20-18-46(6)63(75,86-48)59(71)60(72)66-23-14-13-17-50(66)61(73)84-54(40-51(67)43(3)36-45(5)57(69)58(70)56(68)44(4)35-41)49(64)37-47-19-21-52(55(38-47)78-9)85-62(74)65-22-24-79-27-28-81-31-32-83-34-33-82-30-29-80-26-25-76-7/h10-12,15-16,36,41,43-44,46-50,52-55,57-58,69-70,75H,13-14,17-35,37-40,64H2,1-9H3,(H,65,74)/b12-10+,15-11+,42-16+,45-36+/t41-,43-,44-,46-,47+,48+,49-,50+,52-,53+,54+,55-,57-,58+,63-/m1/s1. The smallest absolute Gasteiger partial charge is 0.407 e. The lowest BCUT2D eigenvalue weighted by Gasteiger charge is -2.42. The maximum Gasteiger partial charge on any atom is 0.407 e. The van der Waals surface area contributed by atoms with Gasteiger partial charge in [0.15, 0.2) is 5.78 Å². The SMILES string of the molecule is COCCOCCOCCOCCOCCOCCNC(=O)O[C@@H]1CC[C@@H](C[C@@H](N)[C@@H]2CC(=O)[C@H](C)/C=C(\C)[C@@H](O)[C@@H](O)C(=O)[C@H](C)C[C@H](C)/C=C/C=C/C=C(\C)[C@@H](OC)C[C@@H]3CC[C@@H](C)[C@@](O)(O3)C(=O)C(=O)N3CCCC[C@H]3C(=O)O2)C[C@H]1OC. The first kappa shape index (κ1) is 74.1. The van der Waals surface area contributed by atoms with Crippen LogP contribution in [0.25, 0.3) is 0 Å². The summed E-state index contributed by atoms with van der Waals surface area (Å²) in [4.78, 5) is 85.0. The van der Waals surface area contributed by atoms with Crippen molar-refractivity contribution >= 4 is 35.3 Å². The number of rotatable bonds is 24. The molecule has 490 valence electrons. The zero-order valence-corrected chi connectivity index (χ0v) is 52.5. The molecule has 3 fully saturated rings. The van der Waals surface area contributed by atoms with E-state index in [-0.39, 0.29) is 56.4 Å². The topological polar surface area (TPSA) is 306 Å². The van der Waals surface area contributed by atoms with Gasteiger partial charge < -0.3 is 83.4 Å². The fourth-order valence-corrected chi connectivity index (χ4v) is 11.3. The molecule has 4 rings (SSSR count). The van der Waals surface area contributed by atoms with Gasteiger partial charge in [0, 0.05) is 71.1 Å². The van der Waals surface area contributed by atoms with Crippen molar-refractivity contribution in [3.8, 4) is 0 Å². The van der Waals surface area contributed by atoms with Gasteiger partial charge in [-0.2, -0.15) is 0 Å². The number of nitrogens with zero attached hydrogens (tertiary/aromatic N) is 1. The van der Waals surface area contributed by atoms with Gasteiger partial charge in [0.2, 0.25) is 5.79 Å². The molecule has 23 nitrogen and oxygen atoms in total. The van der Waals surface area contributed by atoms with Crippen molar-refractivity contribution in [3.05, 3.63) is 47.6 Å². The van der Waals surface area contributed by atoms with Crippen molar-refractivity contribution in [2.75, 3.05) is 107 Å². The van der Waals surface area contributed by atoms with Gasteiger partial charge in [-0.25, -0.2) is 9.59 Å². The number of allylic oxidation sites excluding steroid dienone is 6. The number of carbonyl (C=O) groups is 6. The van der Waals surface area contributed by atoms with Crippen LogP contribution in [-0.4, -0.2) is 223 Å². The molecule has 2 amide bonds. The molecule has 4 aliphatic rings. The number of ketones is 3. The number of carbonyl (C=O) groups excluding carboxylic acids is 6. The molecule has 3 heterocycles. The first-order valence-electron chi connectivity index (χ1n) is 30.9. The Morgan fingerprint density at radius 1 is 0.744 bits per heavy atom. The number of ether oxygens (including phenoxy) is 11. The zero-order valence-electron chi connectivity index (χ0n) is 52.5. The number of alkyl carbamates (subject to hydrolysis) is 1. The molecular weight excluding hydrogens is 1120 g/mol. The van der Waals surface area contributed by atoms with Crippen LogP contribution < -0.4 is 11.1 Å². The van der Waals surface area contributed by atoms with E-state index in [1.54, 1.807) is 35.0 Å². The summed E-state index contributed by atoms with van der Waals surface area (Å²) in [5.74, 6) is -9.16. The van der Waals surface area contributed by atoms with Crippen molar-refractivity contribution in [1.82, 2.24) is 10.2 Å². The largest absolute Gasteiger partial charge is 0.459 e. The van der Waals surface area contributed by atoms with Crippen LogP contribution in [0.1, 0.15) is 119 Å². The third kappa shape index (κ3) is 24.6. The highest BCUT2D eigenvalue weighted by Crippen LogP contribution is 2.37. The normalized spacial score (nSPS) is 33.3. The van der Waals surface area contributed by atoms with Crippen molar-refractivity contribution in [2.45, 2.75) is 179 Å². The molecular formula is C63H103N3O20. The number of aliphatic hydroxyl groups is 3. The summed E-state index contributed by atoms with van der Waals surface area (Å²) in [6, 6.07) is -2.21. The van der Waals surface area contributed by atoms with Crippen LogP contribution in [0.15, 0.2) is 47.6 Å². The maximum atomic E-state index is 14.6. The summed E-state index contributed by atoms with van der Waals surface area (Å²) in [5.41, 5.74) is 7.99. The lowest BCUT2D eigenvalue weighted by atomic mass is 9.80. The van der Waals surface area contributed by atoms with Crippen LogP contribution >= 0.6 is 0 Å². The lowest BCUT2D eigenvalue weighted by Crippen LogP contribution is -2.61. The Morgan fingerprint density at radius 2 is 1.38 bits per heavy atom. The summed E-state index contributed by atoms with van der Waals surface area (Å²) >= 11 is 0. The first-order valence-corrected chi connectivity index (χ1v) is 30.9. The summed E-state index contributed by atoms with van der Waals surface area (Å²) in [7, 11) is 4.69. The Kier molecular flexibility index (Phi) is 34.2.